The zero-order chi connectivity index (χ0) is 12.8. The summed E-state index contributed by atoms with van der Waals surface area (Å²) < 4.78 is 3.26. The van der Waals surface area contributed by atoms with Crippen molar-refractivity contribution in [1.29, 1.82) is 0 Å². The molecule has 0 aliphatic carbocycles. The summed E-state index contributed by atoms with van der Waals surface area (Å²) in [4.78, 5) is 14.9. The lowest BCUT2D eigenvalue weighted by molar-refractivity contribution is 0.845. The molecule has 3 aromatic heterocycles. The monoisotopic (exact) mass is 251 g/mol. The fraction of sp³-hybridized carbons (Fsp3) is 0. The molecule has 0 bridgehead atoms. The Hall–Kier alpha value is -2.89. The van der Waals surface area contributed by atoms with Crippen LogP contribution in [0.3, 0.4) is 0 Å². The largest absolute Gasteiger partial charge is 0.331 e. The number of benzene rings is 1. The maximum absolute atomic E-state index is 12.1. The second kappa shape index (κ2) is 3.55. The second-order valence-corrected chi connectivity index (χ2v) is 4.27. The molecular weight excluding hydrogens is 242 g/mol. The molecule has 0 fully saturated rings. The van der Waals surface area contributed by atoms with Gasteiger partial charge in [0.05, 0.1) is 34.6 Å². The van der Waals surface area contributed by atoms with Crippen molar-refractivity contribution in [2.75, 3.05) is 0 Å². The summed E-state index contributed by atoms with van der Waals surface area (Å²) in [5.74, 6) is 0. The molecule has 0 amide bonds. The van der Waals surface area contributed by atoms with Gasteiger partial charge in [-0.1, -0.05) is 17.3 Å². The molecule has 0 unspecified atom stereocenters. The summed E-state index contributed by atoms with van der Waals surface area (Å²) in [7, 11) is 0. The third-order valence-corrected chi connectivity index (χ3v) is 3.13. The van der Waals surface area contributed by atoms with Crippen molar-refractivity contribution in [3.63, 3.8) is 0 Å². The number of fused-ring (bicyclic) bond motifs is 2. The van der Waals surface area contributed by atoms with Crippen LogP contribution in [0.1, 0.15) is 0 Å². The number of aromatic nitrogens is 5. The number of nitrogens with zero attached hydrogens (tertiary/aromatic N) is 4. The normalized spacial score (nSPS) is 11.4. The van der Waals surface area contributed by atoms with E-state index in [9.17, 15) is 4.79 Å². The van der Waals surface area contributed by atoms with Crippen LogP contribution >= 0.6 is 0 Å². The zero-order valence-corrected chi connectivity index (χ0v) is 9.82. The van der Waals surface area contributed by atoms with E-state index in [1.807, 2.05) is 36.4 Å². The smallest absolute Gasteiger partial charge is 0.305 e. The van der Waals surface area contributed by atoms with Crippen LogP contribution in [0.2, 0.25) is 0 Å². The highest BCUT2D eigenvalue weighted by Gasteiger charge is 2.08. The Morgan fingerprint density at radius 2 is 2.00 bits per heavy atom. The quantitative estimate of drug-likeness (QED) is 0.555. The molecule has 0 spiro atoms. The summed E-state index contributed by atoms with van der Waals surface area (Å²) in [5, 5.41) is 7.77. The van der Waals surface area contributed by atoms with Gasteiger partial charge >= 0.3 is 5.69 Å². The summed E-state index contributed by atoms with van der Waals surface area (Å²) in [5.41, 5.74) is 3.12. The van der Waals surface area contributed by atoms with Gasteiger partial charge in [0.2, 0.25) is 0 Å². The van der Waals surface area contributed by atoms with E-state index in [2.05, 4.69) is 15.3 Å². The second-order valence-electron chi connectivity index (χ2n) is 4.27. The molecule has 6 nitrogen and oxygen atoms in total. The molecule has 3 heterocycles. The van der Waals surface area contributed by atoms with E-state index in [-0.39, 0.29) is 5.69 Å². The van der Waals surface area contributed by atoms with Crippen molar-refractivity contribution in [1.82, 2.24) is 24.4 Å². The maximum atomic E-state index is 12.1. The molecule has 1 aromatic carbocycles. The van der Waals surface area contributed by atoms with Crippen LogP contribution in [0.25, 0.3) is 22.2 Å². The van der Waals surface area contributed by atoms with Crippen molar-refractivity contribution in [3.8, 4) is 5.69 Å². The Labute approximate surface area is 106 Å². The van der Waals surface area contributed by atoms with Gasteiger partial charge < -0.3 is 4.98 Å². The first kappa shape index (κ1) is 10.1. The predicted molar refractivity (Wildman–Crippen MR) is 70.4 cm³/mol. The molecule has 0 saturated carbocycles. The third kappa shape index (κ3) is 1.40. The number of aromatic amines is 1. The number of hydrogen-bond acceptors (Lipinski definition) is 3. The van der Waals surface area contributed by atoms with Crippen LogP contribution in [0.5, 0.6) is 0 Å². The van der Waals surface area contributed by atoms with Gasteiger partial charge in [-0.3, -0.25) is 4.57 Å². The van der Waals surface area contributed by atoms with Crippen molar-refractivity contribution < 1.29 is 0 Å². The Kier molecular flexibility index (Phi) is 1.88. The van der Waals surface area contributed by atoms with Crippen LogP contribution in [0.4, 0.5) is 0 Å². The van der Waals surface area contributed by atoms with Gasteiger partial charge in [0.1, 0.15) is 0 Å². The minimum absolute atomic E-state index is 0.166. The van der Waals surface area contributed by atoms with Crippen LogP contribution < -0.4 is 5.69 Å². The van der Waals surface area contributed by atoms with Gasteiger partial charge in [0.25, 0.3) is 0 Å². The molecule has 4 aromatic rings. The summed E-state index contributed by atoms with van der Waals surface area (Å²) in [6.07, 6.45) is 3.45. The number of para-hydroxylation sites is 2. The lowest BCUT2D eigenvalue weighted by atomic mass is 10.3. The lowest BCUT2D eigenvalue weighted by Gasteiger charge is -2.03. The molecule has 0 saturated heterocycles. The van der Waals surface area contributed by atoms with Gasteiger partial charge in [0.15, 0.2) is 0 Å². The fourth-order valence-electron chi connectivity index (χ4n) is 2.25. The van der Waals surface area contributed by atoms with E-state index in [1.165, 1.54) is 0 Å². The lowest BCUT2D eigenvalue weighted by Crippen LogP contribution is -2.15. The first-order valence-corrected chi connectivity index (χ1v) is 5.83. The summed E-state index contributed by atoms with van der Waals surface area (Å²) >= 11 is 0. The zero-order valence-electron chi connectivity index (χ0n) is 9.82. The number of imidazole rings is 1. The molecule has 1 N–H and O–H groups in total. The first-order chi connectivity index (χ1) is 9.33. The van der Waals surface area contributed by atoms with E-state index < -0.39 is 0 Å². The summed E-state index contributed by atoms with van der Waals surface area (Å²) in [6, 6.07) is 11.3. The highest BCUT2D eigenvalue weighted by Crippen LogP contribution is 2.15. The molecule has 92 valence electrons. The molecular formula is C13H9N5O. The highest BCUT2D eigenvalue weighted by atomic mass is 16.1. The molecule has 0 aliphatic heterocycles. The molecule has 6 heteroatoms. The Morgan fingerprint density at radius 1 is 1.11 bits per heavy atom. The number of rotatable bonds is 1. The van der Waals surface area contributed by atoms with Crippen LogP contribution in [0.15, 0.2) is 53.6 Å². The molecule has 19 heavy (non-hydrogen) atoms. The first-order valence-electron chi connectivity index (χ1n) is 5.83. The van der Waals surface area contributed by atoms with Gasteiger partial charge in [-0.15, -0.1) is 5.10 Å². The van der Waals surface area contributed by atoms with Gasteiger partial charge in [0, 0.05) is 0 Å². The standard InChI is InChI=1S/C13H9N5O/c19-13-15-11-3-1-2-4-12(11)18(13)10-6-5-9-7-14-16-17(9)8-10/h1-8H,(H,15,19). The SMILES string of the molecule is O=c1[nH]c2ccccc2n1-c1ccc2cnnn2c1. The minimum atomic E-state index is -0.166. The van der Waals surface area contributed by atoms with E-state index >= 15 is 0 Å². The average molecular weight is 251 g/mol. The van der Waals surface area contributed by atoms with Crippen molar-refractivity contribution >= 4 is 16.6 Å². The Bertz CT molecular complexity index is 946. The number of pyridine rings is 1. The molecule has 0 atom stereocenters. The van der Waals surface area contributed by atoms with Crippen LogP contribution in [0, 0.1) is 0 Å². The average Bonchev–Trinajstić information content (AvgIpc) is 3.00. The number of hydrogen-bond donors (Lipinski definition) is 1. The van der Waals surface area contributed by atoms with Gasteiger partial charge in [-0.2, -0.15) is 0 Å². The molecule has 4 rings (SSSR count). The van der Waals surface area contributed by atoms with Crippen molar-refractivity contribution in [2.45, 2.75) is 0 Å². The topological polar surface area (TPSA) is 68.0 Å². The molecule has 0 radical (unpaired) electrons. The summed E-state index contributed by atoms with van der Waals surface area (Å²) in [6.45, 7) is 0. The van der Waals surface area contributed by atoms with Crippen LogP contribution in [-0.2, 0) is 0 Å². The predicted octanol–water partition coefficient (Wildman–Crippen LogP) is 1.36. The Morgan fingerprint density at radius 3 is 2.95 bits per heavy atom. The highest BCUT2D eigenvalue weighted by molar-refractivity contribution is 5.77. The Balaban J connectivity index is 2.08. The van der Waals surface area contributed by atoms with Gasteiger partial charge in [-0.05, 0) is 24.3 Å². The van der Waals surface area contributed by atoms with E-state index in [4.69, 9.17) is 0 Å². The minimum Gasteiger partial charge on any atom is -0.305 e. The van der Waals surface area contributed by atoms with Crippen molar-refractivity contribution in [3.05, 3.63) is 59.3 Å². The maximum Gasteiger partial charge on any atom is 0.331 e. The van der Waals surface area contributed by atoms with Gasteiger partial charge in [-0.25, -0.2) is 9.31 Å². The number of H-pyrrole nitrogens is 1. The number of nitrogens with one attached hydrogen (secondary N) is 1. The van der Waals surface area contributed by atoms with E-state index in [0.717, 1.165) is 22.2 Å². The van der Waals surface area contributed by atoms with E-state index in [0.29, 0.717) is 0 Å². The van der Waals surface area contributed by atoms with E-state index in [1.54, 1.807) is 21.5 Å². The third-order valence-electron chi connectivity index (χ3n) is 3.13. The molecule has 0 aliphatic rings. The van der Waals surface area contributed by atoms with Crippen LogP contribution in [-0.4, -0.2) is 24.4 Å². The fourth-order valence-corrected chi connectivity index (χ4v) is 2.25. The van der Waals surface area contributed by atoms with Crippen molar-refractivity contribution in [2.24, 2.45) is 0 Å².